The van der Waals surface area contributed by atoms with Crippen LogP contribution in [0.3, 0.4) is 0 Å². The Labute approximate surface area is 127 Å². The average molecular weight is 296 g/mol. The molecule has 2 fully saturated rings. The zero-order valence-corrected chi connectivity index (χ0v) is 13.5. The van der Waals surface area contributed by atoms with Crippen LogP contribution in [-0.4, -0.2) is 84.4 Å². The van der Waals surface area contributed by atoms with E-state index in [-0.39, 0.29) is 17.9 Å². The minimum absolute atomic E-state index is 0.0120. The summed E-state index contributed by atoms with van der Waals surface area (Å²) in [5, 5.41) is 2.93. The summed E-state index contributed by atoms with van der Waals surface area (Å²) < 4.78 is 0. The van der Waals surface area contributed by atoms with E-state index in [2.05, 4.69) is 29.0 Å². The van der Waals surface area contributed by atoms with Crippen LogP contribution in [0, 0.1) is 0 Å². The number of carbonyl (C=O) groups excluding carboxylic acids is 2. The second-order valence-electron chi connectivity index (χ2n) is 6.43. The zero-order valence-electron chi connectivity index (χ0n) is 13.5. The molecule has 0 bridgehead atoms. The Morgan fingerprint density at radius 2 is 1.81 bits per heavy atom. The van der Waals surface area contributed by atoms with Crippen molar-refractivity contribution >= 4 is 11.8 Å². The molecule has 2 aliphatic rings. The summed E-state index contributed by atoms with van der Waals surface area (Å²) >= 11 is 0. The Balaban J connectivity index is 1.72. The number of hydrogen-bond donors (Lipinski definition) is 1. The van der Waals surface area contributed by atoms with Crippen LogP contribution in [0.4, 0.5) is 0 Å². The summed E-state index contributed by atoms with van der Waals surface area (Å²) in [7, 11) is 0. The molecule has 21 heavy (non-hydrogen) atoms. The number of amides is 2. The molecule has 0 aliphatic carbocycles. The quantitative estimate of drug-likeness (QED) is 0.777. The van der Waals surface area contributed by atoms with Gasteiger partial charge in [0.15, 0.2) is 0 Å². The molecule has 0 aromatic rings. The SMILES string of the molecule is CC(=O)NC1CCN(CC(=O)N2CCN(C(C)C)CC2)C1. The van der Waals surface area contributed by atoms with Gasteiger partial charge < -0.3 is 10.2 Å². The molecular weight excluding hydrogens is 268 g/mol. The largest absolute Gasteiger partial charge is 0.352 e. The van der Waals surface area contributed by atoms with Gasteiger partial charge in [0.1, 0.15) is 0 Å². The van der Waals surface area contributed by atoms with Crippen molar-refractivity contribution in [1.29, 1.82) is 0 Å². The lowest BCUT2D eigenvalue weighted by Crippen LogP contribution is -2.52. The van der Waals surface area contributed by atoms with Gasteiger partial charge in [0.25, 0.3) is 0 Å². The molecule has 0 aromatic carbocycles. The fraction of sp³-hybridized carbons (Fsp3) is 0.867. The molecule has 120 valence electrons. The summed E-state index contributed by atoms with van der Waals surface area (Å²) in [6.45, 7) is 11.7. The lowest BCUT2D eigenvalue weighted by molar-refractivity contribution is -0.134. The summed E-state index contributed by atoms with van der Waals surface area (Å²) in [5.74, 6) is 0.236. The Kier molecular flexibility index (Phi) is 5.58. The predicted octanol–water partition coefficient (Wildman–Crippen LogP) is -0.251. The maximum absolute atomic E-state index is 12.3. The first kappa shape index (κ1) is 16.2. The van der Waals surface area contributed by atoms with Gasteiger partial charge in [-0.15, -0.1) is 0 Å². The van der Waals surface area contributed by atoms with Crippen LogP contribution in [0.5, 0.6) is 0 Å². The molecule has 6 nitrogen and oxygen atoms in total. The van der Waals surface area contributed by atoms with Gasteiger partial charge >= 0.3 is 0 Å². The van der Waals surface area contributed by atoms with Crippen molar-refractivity contribution < 1.29 is 9.59 Å². The van der Waals surface area contributed by atoms with Crippen molar-refractivity contribution in [2.24, 2.45) is 0 Å². The van der Waals surface area contributed by atoms with E-state index in [4.69, 9.17) is 0 Å². The fourth-order valence-electron chi connectivity index (χ4n) is 3.16. The van der Waals surface area contributed by atoms with Crippen molar-refractivity contribution in [2.45, 2.75) is 39.3 Å². The Morgan fingerprint density at radius 1 is 1.14 bits per heavy atom. The number of nitrogens with zero attached hydrogens (tertiary/aromatic N) is 3. The van der Waals surface area contributed by atoms with Gasteiger partial charge in [-0.3, -0.25) is 19.4 Å². The monoisotopic (exact) mass is 296 g/mol. The van der Waals surface area contributed by atoms with Crippen LogP contribution in [0.15, 0.2) is 0 Å². The Morgan fingerprint density at radius 3 is 2.38 bits per heavy atom. The van der Waals surface area contributed by atoms with Gasteiger partial charge in [-0.1, -0.05) is 0 Å². The summed E-state index contributed by atoms with van der Waals surface area (Å²) in [5.41, 5.74) is 0. The van der Waals surface area contributed by atoms with Gasteiger partial charge in [0, 0.05) is 58.3 Å². The molecule has 2 rings (SSSR count). The zero-order chi connectivity index (χ0) is 15.4. The second kappa shape index (κ2) is 7.22. The van der Waals surface area contributed by atoms with Crippen LogP contribution < -0.4 is 5.32 Å². The standard InChI is InChI=1S/C15H28N4O2/c1-12(2)18-6-8-19(9-7-18)15(21)11-17-5-4-14(10-17)16-13(3)20/h12,14H,4-11H2,1-3H3,(H,16,20). The smallest absolute Gasteiger partial charge is 0.236 e. The highest BCUT2D eigenvalue weighted by Gasteiger charge is 2.28. The van der Waals surface area contributed by atoms with Crippen molar-refractivity contribution in [3.8, 4) is 0 Å². The summed E-state index contributed by atoms with van der Waals surface area (Å²) in [4.78, 5) is 29.9. The van der Waals surface area contributed by atoms with Crippen LogP contribution in [0.25, 0.3) is 0 Å². The molecule has 0 radical (unpaired) electrons. The maximum atomic E-state index is 12.3. The number of piperazine rings is 1. The van der Waals surface area contributed by atoms with Crippen molar-refractivity contribution in [3.63, 3.8) is 0 Å². The second-order valence-corrected chi connectivity index (χ2v) is 6.43. The highest BCUT2D eigenvalue weighted by molar-refractivity contribution is 5.78. The maximum Gasteiger partial charge on any atom is 0.236 e. The van der Waals surface area contributed by atoms with E-state index in [1.165, 1.54) is 0 Å². The van der Waals surface area contributed by atoms with Gasteiger partial charge in [-0.2, -0.15) is 0 Å². The van der Waals surface area contributed by atoms with E-state index in [0.29, 0.717) is 12.6 Å². The molecule has 6 heteroatoms. The molecule has 1 unspecified atom stereocenters. The molecule has 1 N–H and O–H groups in total. The number of carbonyl (C=O) groups is 2. The highest BCUT2D eigenvalue weighted by atomic mass is 16.2. The molecular formula is C15H28N4O2. The van der Waals surface area contributed by atoms with Crippen molar-refractivity contribution in [3.05, 3.63) is 0 Å². The third-order valence-corrected chi connectivity index (χ3v) is 4.44. The molecule has 0 aromatic heterocycles. The summed E-state index contributed by atoms with van der Waals surface area (Å²) in [6.07, 6.45) is 0.938. The van der Waals surface area contributed by atoms with E-state index in [1.54, 1.807) is 6.92 Å². The van der Waals surface area contributed by atoms with E-state index in [1.807, 2.05) is 4.90 Å². The number of likely N-dealkylation sites (tertiary alicyclic amines) is 1. The van der Waals surface area contributed by atoms with Gasteiger partial charge in [0.05, 0.1) is 6.54 Å². The van der Waals surface area contributed by atoms with E-state index >= 15 is 0 Å². The molecule has 2 amide bonds. The van der Waals surface area contributed by atoms with E-state index in [9.17, 15) is 9.59 Å². The first-order chi connectivity index (χ1) is 9.95. The first-order valence-corrected chi connectivity index (χ1v) is 7.97. The van der Waals surface area contributed by atoms with Crippen LogP contribution in [0.1, 0.15) is 27.2 Å². The predicted molar refractivity (Wildman–Crippen MR) is 82.0 cm³/mol. The van der Waals surface area contributed by atoms with E-state index < -0.39 is 0 Å². The molecule has 0 saturated carbocycles. The Bertz CT molecular complexity index is 378. The van der Waals surface area contributed by atoms with Gasteiger partial charge in [0.2, 0.25) is 11.8 Å². The fourth-order valence-corrected chi connectivity index (χ4v) is 3.16. The molecule has 2 aliphatic heterocycles. The van der Waals surface area contributed by atoms with Crippen LogP contribution in [0.2, 0.25) is 0 Å². The number of nitrogens with one attached hydrogen (secondary N) is 1. The van der Waals surface area contributed by atoms with E-state index in [0.717, 1.165) is 45.7 Å². The van der Waals surface area contributed by atoms with Crippen LogP contribution >= 0.6 is 0 Å². The van der Waals surface area contributed by atoms with Crippen molar-refractivity contribution in [1.82, 2.24) is 20.0 Å². The Hall–Kier alpha value is -1.14. The third kappa shape index (κ3) is 4.68. The minimum Gasteiger partial charge on any atom is -0.352 e. The van der Waals surface area contributed by atoms with Gasteiger partial charge in [-0.25, -0.2) is 0 Å². The van der Waals surface area contributed by atoms with Gasteiger partial charge in [-0.05, 0) is 20.3 Å². The molecule has 2 heterocycles. The van der Waals surface area contributed by atoms with Crippen LogP contribution in [-0.2, 0) is 9.59 Å². The minimum atomic E-state index is 0.0120. The first-order valence-electron chi connectivity index (χ1n) is 7.97. The topological polar surface area (TPSA) is 55.9 Å². The molecule has 2 saturated heterocycles. The van der Waals surface area contributed by atoms with Crippen molar-refractivity contribution in [2.75, 3.05) is 45.8 Å². The lowest BCUT2D eigenvalue weighted by Gasteiger charge is -2.37. The lowest BCUT2D eigenvalue weighted by atomic mass is 10.2. The highest BCUT2D eigenvalue weighted by Crippen LogP contribution is 2.11. The third-order valence-electron chi connectivity index (χ3n) is 4.44. The average Bonchev–Trinajstić information content (AvgIpc) is 2.85. The molecule has 1 atom stereocenters. The summed E-state index contributed by atoms with van der Waals surface area (Å²) in [6, 6.07) is 0.757. The normalized spacial score (nSPS) is 24.6. The molecule has 0 spiro atoms. The number of rotatable bonds is 4. The number of hydrogen-bond acceptors (Lipinski definition) is 4.